The highest BCUT2D eigenvalue weighted by molar-refractivity contribution is 8.00. The number of aromatic nitrogens is 2. The number of para-hydroxylation sites is 1. The molecule has 1 aromatic carbocycles. The van der Waals surface area contributed by atoms with E-state index >= 15 is 0 Å². The maximum atomic E-state index is 12.5. The van der Waals surface area contributed by atoms with Crippen LogP contribution in [-0.2, 0) is 17.6 Å². The first-order valence-electron chi connectivity index (χ1n) is 9.28. The van der Waals surface area contributed by atoms with E-state index in [9.17, 15) is 4.79 Å². The highest BCUT2D eigenvalue weighted by Crippen LogP contribution is 2.40. The lowest BCUT2D eigenvalue weighted by molar-refractivity contribution is -0.113. The summed E-state index contributed by atoms with van der Waals surface area (Å²) in [5.41, 5.74) is 3.35. The Hall–Kier alpha value is -1.92. The molecule has 2 heterocycles. The van der Waals surface area contributed by atoms with Crippen molar-refractivity contribution in [3.63, 3.8) is 0 Å². The first-order valence-corrected chi connectivity index (χ1v) is 11.1. The van der Waals surface area contributed by atoms with Gasteiger partial charge in [-0.05, 0) is 56.2 Å². The van der Waals surface area contributed by atoms with Gasteiger partial charge in [0.25, 0.3) is 0 Å². The summed E-state index contributed by atoms with van der Waals surface area (Å²) < 4.78 is 0. The summed E-state index contributed by atoms with van der Waals surface area (Å²) in [5, 5.41) is 5.13. The minimum absolute atomic E-state index is 0.00330. The van der Waals surface area contributed by atoms with E-state index in [1.165, 1.54) is 34.0 Å². The minimum Gasteiger partial charge on any atom is -0.325 e. The summed E-state index contributed by atoms with van der Waals surface area (Å²) in [6.07, 6.45) is 3.43. The molecular formula is C21H23N3OS2. The number of amides is 1. The standard InChI is InChI=1S/C21H23N3OS2/c1-12-8-9-15-17(10-12)27-21-19(15)20(22-14(3)23-21)26-11-18(25)24-16-7-5-4-6-13(16)2/h4-7,12H,8-11H2,1-3H3,(H,24,25)/t12-/m0/s1. The van der Waals surface area contributed by atoms with E-state index in [1.54, 1.807) is 11.3 Å². The van der Waals surface area contributed by atoms with Crippen LogP contribution in [-0.4, -0.2) is 21.6 Å². The van der Waals surface area contributed by atoms with Crippen molar-refractivity contribution in [2.45, 2.75) is 45.1 Å². The summed E-state index contributed by atoms with van der Waals surface area (Å²) in [6.45, 7) is 6.24. The van der Waals surface area contributed by atoms with Crippen LogP contribution in [0.15, 0.2) is 29.3 Å². The second-order valence-electron chi connectivity index (χ2n) is 7.26. The molecule has 1 aliphatic carbocycles. The van der Waals surface area contributed by atoms with E-state index < -0.39 is 0 Å². The maximum Gasteiger partial charge on any atom is 0.234 e. The van der Waals surface area contributed by atoms with Crippen molar-refractivity contribution in [3.05, 3.63) is 46.1 Å². The predicted octanol–water partition coefficient (Wildman–Crippen LogP) is 5.16. The van der Waals surface area contributed by atoms with Gasteiger partial charge in [0.1, 0.15) is 15.7 Å². The topological polar surface area (TPSA) is 54.9 Å². The lowest BCUT2D eigenvalue weighted by Gasteiger charge is -2.18. The second-order valence-corrected chi connectivity index (χ2v) is 9.31. The molecule has 6 heteroatoms. The molecule has 1 aliphatic rings. The smallest absolute Gasteiger partial charge is 0.234 e. The third-order valence-corrected chi connectivity index (χ3v) is 7.12. The minimum atomic E-state index is -0.00330. The highest BCUT2D eigenvalue weighted by Gasteiger charge is 2.24. The predicted molar refractivity (Wildman–Crippen MR) is 114 cm³/mol. The van der Waals surface area contributed by atoms with Crippen molar-refractivity contribution in [1.82, 2.24) is 9.97 Å². The van der Waals surface area contributed by atoms with Gasteiger partial charge in [0.15, 0.2) is 0 Å². The Kier molecular flexibility index (Phi) is 5.19. The summed E-state index contributed by atoms with van der Waals surface area (Å²) >= 11 is 3.32. The molecule has 0 spiro atoms. The van der Waals surface area contributed by atoms with Gasteiger partial charge in [0.05, 0.1) is 5.75 Å². The Morgan fingerprint density at radius 3 is 2.93 bits per heavy atom. The molecule has 0 saturated carbocycles. The normalized spacial score (nSPS) is 16.3. The van der Waals surface area contributed by atoms with Gasteiger partial charge in [0, 0.05) is 16.0 Å². The van der Waals surface area contributed by atoms with Crippen molar-refractivity contribution in [3.8, 4) is 0 Å². The zero-order valence-electron chi connectivity index (χ0n) is 15.8. The number of fused-ring (bicyclic) bond motifs is 3. The first kappa shape index (κ1) is 18.4. The molecule has 1 atom stereocenters. The molecule has 4 rings (SSSR count). The van der Waals surface area contributed by atoms with Crippen molar-refractivity contribution in [1.29, 1.82) is 0 Å². The van der Waals surface area contributed by atoms with Gasteiger partial charge < -0.3 is 5.32 Å². The van der Waals surface area contributed by atoms with Crippen LogP contribution in [0, 0.1) is 19.8 Å². The Bertz CT molecular complexity index is 1010. The van der Waals surface area contributed by atoms with Crippen LogP contribution in [0.25, 0.3) is 10.2 Å². The number of benzene rings is 1. The van der Waals surface area contributed by atoms with E-state index in [1.807, 2.05) is 38.1 Å². The van der Waals surface area contributed by atoms with E-state index in [0.717, 1.165) is 45.7 Å². The molecule has 3 aromatic rings. The summed E-state index contributed by atoms with van der Waals surface area (Å²) in [5.74, 6) is 1.85. The number of rotatable bonds is 4. The number of hydrogen-bond acceptors (Lipinski definition) is 5. The third-order valence-electron chi connectivity index (χ3n) is 4.99. The summed E-state index contributed by atoms with van der Waals surface area (Å²) in [4.78, 5) is 24.3. The van der Waals surface area contributed by atoms with Crippen molar-refractivity contribution < 1.29 is 4.79 Å². The molecular weight excluding hydrogens is 374 g/mol. The quantitative estimate of drug-likeness (QED) is 0.488. The average molecular weight is 398 g/mol. The SMILES string of the molecule is Cc1nc(SCC(=O)Nc2ccccc2C)c2c3c(sc2n1)C[C@@H](C)CC3. The number of carbonyl (C=O) groups excluding carboxylic acids is 1. The number of nitrogens with one attached hydrogen (secondary N) is 1. The zero-order valence-corrected chi connectivity index (χ0v) is 17.5. The fraction of sp³-hybridized carbons (Fsp3) is 0.381. The van der Waals surface area contributed by atoms with Crippen molar-refractivity contribution in [2.24, 2.45) is 5.92 Å². The maximum absolute atomic E-state index is 12.5. The Morgan fingerprint density at radius 2 is 2.11 bits per heavy atom. The van der Waals surface area contributed by atoms with Crippen LogP contribution in [0.4, 0.5) is 5.69 Å². The van der Waals surface area contributed by atoms with Gasteiger partial charge in [-0.3, -0.25) is 4.79 Å². The van der Waals surface area contributed by atoms with Gasteiger partial charge in [0.2, 0.25) is 5.91 Å². The molecule has 0 aliphatic heterocycles. The second kappa shape index (κ2) is 7.60. The molecule has 0 saturated heterocycles. The molecule has 0 fully saturated rings. The van der Waals surface area contributed by atoms with Crippen LogP contribution in [0.1, 0.15) is 35.2 Å². The number of anilines is 1. The first-order chi connectivity index (χ1) is 13.0. The van der Waals surface area contributed by atoms with Crippen LogP contribution in [0.5, 0.6) is 0 Å². The molecule has 0 radical (unpaired) electrons. The Morgan fingerprint density at radius 1 is 1.30 bits per heavy atom. The number of thiophene rings is 1. The molecule has 140 valence electrons. The summed E-state index contributed by atoms with van der Waals surface area (Å²) in [6, 6.07) is 7.84. The fourth-order valence-corrected chi connectivity index (χ4v) is 5.94. The van der Waals surface area contributed by atoms with Gasteiger partial charge in [-0.2, -0.15) is 0 Å². The average Bonchev–Trinajstić information content (AvgIpc) is 2.98. The largest absolute Gasteiger partial charge is 0.325 e. The van der Waals surface area contributed by atoms with E-state index in [0.29, 0.717) is 5.75 Å². The molecule has 4 nitrogen and oxygen atoms in total. The van der Waals surface area contributed by atoms with Crippen molar-refractivity contribution in [2.75, 3.05) is 11.1 Å². The number of thioether (sulfide) groups is 1. The molecule has 27 heavy (non-hydrogen) atoms. The monoisotopic (exact) mass is 397 g/mol. The molecule has 0 bridgehead atoms. The van der Waals surface area contributed by atoms with Crippen LogP contribution in [0.3, 0.4) is 0 Å². The van der Waals surface area contributed by atoms with Crippen molar-refractivity contribution >= 4 is 44.9 Å². The highest BCUT2D eigenvalue weighted by atomic mass is 32.2. The number of aryl methyl sites for hydroxylation is 3. The molecule has 1 amide bonds. The van der Waals surface area contributed by atoms with Gasteiger partial charge in [-0.15, -0.1) is 11.3 Å². The Balaban J connectivity index is 1.57. The molecule has 1 N–H and O–H groups in total. The lowest BCUT2D eigenvalue weighted by Crippen LogP contribution is -2.15. The van der Waals surface area contributed by atoms with E-state index in [4.69, 9.17) is 0 Å². The third kappa shape index (κ3) is 3.87. The summed E-state index contributed by atoms with van der Waals surface area (Å²) in [7, 11) is 0. The molecule has 2 aromatic heterocycles. The number of nitrogens with zero attached hydrogens (tertiary/aromatic N) is 2. The van der Waals surface area contributed by atoms with Gasteiger partial charge >= 0.3 is 0 Å². The van der Waals surface area contributed by atoms with Gasteiger partial charge in [-0.1, -0.05) is 36.9 Å². The Labute approximate surface area is 167 Å². The number of carbonyl (C=O) groups is 1. The van der Waals surface area contributed by atoms with E-state index in [-0.39, 0.29) is 5.91 Å². The lowest BCUT2D eigenvalue weighted by atomic mass is 9.89. The fourth-order valence-electron chi connectivity index (χ4n) is 3.55. The van der Waals surface area contributed by atoms with Gasteiger partial charge in [-0.25, -0.2) is 9.97 Å². The van der Waals surface area contributed by atoms with E-state index in [2.05, 4.69) is 22.2 Å². The molecule has 0 unspecified atom stereocenters. The number of hydrogen-bond donors (Lipinski definition) is 1. The van der Waals surface area contributed by atoms with Crippen LogP contribution < -0.4 is 5.32 Å². The van der Waals surface area contributed by atoms with Crippen LogP contribution in [0.2, 0.25) is 0 Å². The zero-order chi connectivity index (χ0) is 19.0. The van der Waals surface area contributed by atoms with Crippen LogP contribution >= 0.6 is 23.1 Å².